The van der Waals surface area contributed by atoms with Gasteiger partial charge in [0.05, 0.1) is 11.4 Å². The number of piperidine rings is 1. The molecule has 0 unspecified atom stereocenters. The van der Waals surface area contributed by atoms with Crippen LogP contribution in [0.2, 0.25) is 0 Å². The maximum atomic E-state index is 12.4. The van der Waals surface area contributed by atoms with Crippen LogP contribution in [0.3, 0.4) is 0 Å². The molecule has 0 aliphatic carbocycles. The van der Waals surface area contributed by atoms with Gasteiger partial charge >= 0.3 is 0 Å². The maximum Gasteiger partial charge on any atom is 0.224 e. The van der Waals surface area contributed by atoms with Crippen molar-refractivity contribution in [2.75, 3.05) is 24.1 Å². The zero-order chi connectivity index (χ0) is 19.8. The number of carbonyl (C=O) groups excluding carboxylic acids is 2. The molecule has 6 heteroatoms. The molecular formula is C21H29N3O2S. The average molecular weight is 388 g/mol. The van der Waals surface area contributed by atoms with Gasteiger partial charge in [-0.1, -0.05) is 30.5 Å². The van der Waals surface area contributed by atoms with Gasteiger partial charge < -0.3 is 16.0 Å². The van der Waals surface area contributed by atoms with Gasteiger partial charge in [-0.2, -0.15) is 0 Å². The van der Waals surface area contributed by atoms with Gasteiger partial charge in [0, 0.05) is 31.3 Å². The van der Waals surface area contributed by atoms with E-state index < -0.39 is 0 Å². The Kier molecular flexibility index (Phi) is 7.98. The average Bonchev–Trinajstić information content (AvgIpc) is 2.66. The lowest BCUT2D eigenvalue weighted by molar-refractivity contribution is -0.130. The van der Waals surface area contributed by atoms with Gasteiger partial charge in [0.15, 0.2) is 0 Å². The Labute approximate surface area is 166 Å². The van der Waals surface area contributed by atoms with Crippen LogP contribution in [0.15, 0.2) is 36.3 Å². The van der Waals surface area contributed by atoms with Crippen molar-refractivity contribution in [2.24, 2.45) is 5.92 Å². The number of hydrogen-bond donors (Lipinski definition) is 2. The minimum Gasteiger partial charge on any atom is -0.397 e. The minimum absolute atomic E-state index is 0.0220. The molecule has 3 N–H and O–H groups in total. The molecule has 0 atom stereocenters. The van der Waals surface area contributed by atoms with Gasteiger partial charge in [-0.05, 0) is 55.2 Å². The molecule has 0 spiro atoms. The van der Waals surface area contributed by atoms with Gasteiger partial charge in [-0.3, -0.25) is 9.59 Å². The Morgan fingerprint density at radius 1 is 1.37 bits per heavy atom. The summed E-state index contributed by atoms with van der Waals surface area (Å²) in [5.41, 5.74) is 8.24. The molecule has 0 aromatic heterocycles. The number of thioether (sulfide) groups is 1. The van der Waals surface area contributed by atoms with Crippen LogP contribution in [-0.2, 0) is 9.59 Å². The molecule has 27 heavy (non-hydrogen) atoms. The Balaban J connectivity index is 1.90. The Morgan fingerprint density at radius 3 is 2.67 bits per heavy atom. The first kappa shape index (κ1) is 21.1. The molecule has 1 aromatic rings. The number of rotatable bonds is 7. The summed E-state index contributed by atoms with van der Waals surface area (Å²) in [7, 11) is 0. The fraction of sp³-hybridized carbons (Fsp3) is 0.429. The normalized spacial score (nSPS) is 15.5. The van der Waals surface area contributed by atoms with Gasteiger partial charge in [0.2, 0.25) is 11.8 Å². The number of nitrogens with zero attached hydrogens (tertiary/aromatic N) is 1. The van der Waals surface area contributed by atoms with E-state index in [4.69, 9.17) is 5.73 Å². The van der Waals surface area contributed by atoms with E-state index >= 15 is 0 Å². The van der Waals surface area contributed by atoms with Crippen molar-refractivity contribution in [3.63, 3.8) is 0 Å². The van der Waals surface area contributed by atoms with Crippen molar-refractivity contribution >= 4 is 39.9 Å². The SMILES string of the molecule is C=CSC(=CC)c1ccc(N)c(NC(=O)CCC2CCN(C(C)=O)CC2)c1. The van der Waals surface area contributed by atoms with E-state index in [-0.39, 0.29) is 11.8 Å². The number of nitrogens with one attached hydrogen (secondary N) is 1. The Morgan fingerprint density at radius 2 is 2.07 bits per heavy atom. The Hall–Kier alpha value is -2.21. The molecule has 2 rings (SSSR count). The van der Waals surface area contributed by atoms with Gasteiger partial charge in [0.25, 0.3) is 0 Å². The highest BCUT2D eigenvalue weighted by Crippen LogP contribution is 2.32. The first-order chi connectivity index (χ1) is 12.9. The predicted molar refractivity (Wildman–Crippen MR) is 115 cm³/mol. The summed E-state index contributed by atoms with van der Waals surface area (Å²) in [6, 6.07) is 5.67. The highest BCUT2D eigenvalue weighted by Gasteiger charge is 2.21. The molecule has 2 amide bonds. The van der Waals surface area contributed by atoms with Crippen LogP contribution in [0, 0.1) is 5.92 Å². The third-order valence-electron chi connectivity index (χ3n) is 4.92. The second kappa shape index (κ2) is 10.2. The number of amides is 2. The lowest BCUT2D eigenvalue weighted by Crippen LogP contribution is -2.37. The zero-order valence-corrected chi connectivity index (χ0v) is 17.0. The fourth-order valence-electron chi connectivity index (χ4n) is 3.29. The number of nitrogens with two attached hydrogens (primary N) is 1. The van der Waals surface area contributed by atoms with Crippen molar-refractivity contribution in [3.8, 4) is 0 Å². The largest absolute Gasteiger partial charge is 0.397 e. The van der Waals surface area contributed by atoms with Crippen molar-refractivity contribution in [1.82, 2.24) is 4.90 Å². The van der Waals surface area contributed by atoms with E-state index in [0.29, 0.717) is 23.7 Å². The van der Waals surface area contributed by atoms with Crippen LogP contribution in [-0.4, -0.2) is 29.8 Å². The molecule has 146 valence electrons. The van der Waals surface area contributed by atoms with Crippen LogP contribution in [0.1, 0.15) is 45.1 Å². The topological polar surface area (TPSA) is 75.4 Å². The first-order valence-corrected chi connectivity index (χ1v) is 10.2. The maximum absolute atomic E-state index is 12.4. The van der Waals surface area contributed by atoms with Crippen molar-refractivity contribution in [1.29, 1.82) is 0 Å². The van der Waals surface area contributed by atoms with Gasteiger partial charge in [-0.15, -0.1) is 0 Å². The standard InChI is InChI=1S/C21H29N3O2S/c1-4-20(27-5-2)17-7-8-18(22)19(14-17)23-21(26)9-6-16-10-12-24(13-11-16)15(3)25/h4-5,7-8,14,16H,2,6,9-13,22H2,1,3H3,(H,23,26). The van der Waals surface area contributed by atoms with Crippen molar-refractivity contribution in [2.45, 2.75) is 39.5 Å². The first-order valence-electron chi connectivity index (χ1n) is 9.33. The van der Waals surface area contributed by atoms with Gasteiger partial charge in [-0.25, -0.2) is 0 Å². The summed E-state index contributed by atoms with van der Waals surface area (Å²) in [5.74, 6) is 0.608. The number of hydrogen-bond acceptors (Lipinski definition) is 4. The number of anilines is 2. The quantitative estimate of drug-likeness (QED) is 0.676. The number of allylic oxidation sites excluding steroid dienone is 1. The molecular weight excluding hydrogens is 358 g/mol. The van der Waals surface area contributed by atoms with Crippen LogP contribution >= 0.6 is 11.8 Å². The molecule has 1 aromatic carbocycles. The molecule has 0 bridgehead atoms. The monoisotopic (exact) mass is 387 g/mol. The summed E-state index contributed by atoms with van der Waals surface area (Å²) in [4.78, 5) is 26.7. The Bertz CT molecular complexity index is 722. The predicted octanol–water partition coefficient (Wildman–Crippen LogP) is 4.48. The molecule has 1 aliphatic rings. The molecule has 5 nitrogen and oxygen atoms in total. The second-order valence-corrected chi connectivity index (χ2v) is 7.78. The molecule has 1 fully saturated rings. The van der Waals surface area contributed by atoms with Crippen molar-refractivity contribution in [3.05, 3.63) is 41.8 Å². The zero-order valence-electron chi connectivity index (χ0n) is 16.2. The molecule has 0 saturated carbocycles. The third kappa shape index (κ3) is 6.17. The second-order valence-electron chi connectivity index (χ2n) is 6.78. The molecule has 0 radical (unpaired) electrons. The minimum atomic E-state index is -0.0220. The van der Waals surface area contributed by atoms with Crippen LogP contribution < -0.4 is 11.1 Å². The van der Waals surface area contributed by atoms with E-state index in [1.807, 2.05) is 36.1 Å². The molecule has 1 aliphatic heterocycles. The summed E-state index contributed by atoms with van der Waals surface area (Å²) in [5, 5.41) is 4.73. The highest BCUT2D eigenvalue weighted by atomic mass is 32.2. The van der Waals surface area contributed by atoms with E-state index in [2.05, 4.69) is 11.9 Å². The lowest BCUT2D eigenvalue weighted by Gasteiger charge is -2.31. The number of benzene rings is 1. The number of likely N-dealkylation sites (tertiary alicyclic amines) is 1. The summed E-state index contributed by atoms with van der Waals surface area (Å²) in [6.45, 7) is 8.92. The van der Waals surface area contributed by atoms with E-state index in [0.717, 1.165) is 42.8 Å². The number of nitrogen functional groups attached to an aromatic ring is 1. The lowest BCUT2D eigenvalue weighted by atomic mass is 9.92. The van der Waals surface area contributed by atoms with Crippen LogP contribution in [0.25, 0.3) is 4.91 Å². The van der Waals surface area contributed by atoms with E-state index in [1.54, 1.807) is 12.3 Å². The third-order valence-corrected chi connectivity index (χ3v) is 5.82. The fourth-order valence-corrected chi connectivity index (χ4v) is 3.87. The molecule has 1 saturated heterocycles. The van der Waals surface area contributed by atoms with E-state index in [9.17, 15) is 9.59 Å². The van der Waals surface area contributed by atoms with Crippen LogP contribution in [0.4, 0.5) is 11.4 Å². The van der Waals surface area contributed by atoms with Gasteiger partial charge in [0.1, 0.15) is 0 Å². The highest BCUT2D eigenvalue weighted by molar-refractivity contribution is 8.10. The smallest absolute Gasteiger partial charge is 0.224 e. The van der Waals surface area contributed by atoms with E-state index in [1.165, 1.54) is 11.8 Å². The summed E-state index contributed by atoms with van der Waals surface area (Å²) in [6.07, 6.45) is 5.24. The van der Waals surface area contributed by atoms with Crippen molar-refractivity contribution < 1.29 is 9.59 Å². The molecule has 1 heterocycles. The summed E-state index contributed by atoms with van der Waals surface area (Å²) >= 11 is 1.54. The summed E-state index contributed by atoms with van der Waals surface area (Å²) < 4.78 is 0. The number of carbonyl (C=O) groups is 2. The van der Waals surface area contributed by atoms with Crippen LogP contribution in [0.5, 0.6) is 0 Å².